The van der Waals surface area contributed by atoms with Crippen LogP contribution >= 0.6 is 0 Å². The Labute approximate surface area is 136 Å². The number of nitrogens with one attached hydrogen (secondary N) is 1. The standard InChI is InChI=1S/C12H13N3.C5H9N3/c13-9-1-5-11(6-2-9)15-12-7-3-10(14)4-8-12;1-7-3-4-8(2)5(7)6/h1-8,15H,13-14H2;3-4,6H,1-2H3/p+1. The van der Waals surface area contributed by atoms with Crippen molar-refractivity contribution < 1.29 is 4.57 Å². The summed E-state index contributed by atoms with van der Waals surface area (Å²) in [6.07, 6.45) is 3.82. The number of nitrogens with two attached hydrogens (primary N) is 3. The Kier molecular flexibility index (Phi) is 5.09. The zero-order valence-electron chi connectivity index (χ0n) is 13.4. The predicted molar refractivity (Wildman–Crippen MR) is 96.0 cm³/mol. The van der Waals surface area contributed by atoms with Crippen LogP contribution in [0.2, 0.25) is 0 Å². The summed E-state index contributed by atoms with van der Waals surface area (Å²) >= 11 is 0. The molecule has 7 N–H and O–H groups in total. The fourth-order valence-electron chi connectivity index (χ4n) is 1.90. The van der Waals surface area contributed by atoms with Gasteiger partial charge in [0.25, 0.3) is 0 Å². The maximum Gasteiger partial charge on any atom is 0.354 e. The van der Waals surface area contributed by atoms with Crippen molar-refractivity contribution in [1.29, 1.82) is 0 Å². The van der Waals surface area contributed by atoms with Crippen molar-refractivity contribution in [2.75, 3.05) is 22.5 Å². The minimum absolute atomic E-state index is 0.762. The third-order valence-corrected chi connectivity index (χ3v) is 3.35. The largest absolute Gasteiger partial charge is 0.399 e. The molecular weight excluding hydrogens is 288 g/mol. The van der Waals surface area contributed by atoms with Crippen molar-refractivity contribution >= 4 is 28.7 Å². The van der Waals surface area contributed by atoms with Gasteiger partial charge in [0, 0.05) is 22.7 Å². The van der Waals surface area contributed by atoms with Gasteiger partial charge in [-0.2, -0.15) is 0 Å². The number of rotatable bonds is 2. The van der Waals surface area contributed by atoms with E-state index in [1.165, 1.54) is 0 Å². The van der Waals surface area contributed by atoms with Crippen molar-refractivity contribution in [1.82, 2.24) is 4.57 Å². The van der Waals surface area contributed by atoms with Crippen LogP contribution in [0.5, 0.6) is 0 Å². The molecule has 2 aromatic carbocycles. The third kappa shape index (κ3) is 4.67. The highest BCUT2D eigenvalue weighted by atomic mass is 15.2. The Hall–Kier alpha value is -3.15. The first-order chi connectivity index (χ1) is 11.0. The molecule has 0 unspecified atom stereocenters. The lowest BCUT2D eigenvalue weighted by Gasteiger charge is -2.06. The van der Waals surface area contributed by atoms with E-state index in [4.69, 9.17) is 17.2 Å². The average molecular weight is 311 g/mol. The summed E-state index contributed by atoms with van der Waals surface area (Å²) in [6.45, 7) is 0. The zero-order valence-corrected chi connectivity index (χ0v) is 13.4. The van der Waals surface area contributed by atoms with Crippen molar-refractivity contribution in [3.63, 3.8) is 0 Å². The van der Waals surface area contributed by atoms with Crippen LogP contribution in [-0.4, -0.2) is 4.57 Å². The molecule has 0 fully saturated rings. The van der Waals surface area contributed by atoms with Crippen LogP contribution < -0.4 is 27.1 Å². The maximum atomic E-state index is 5.60. The van der Waals surface area contributed by atoms with E-state index < -0.39 is 0 Å². The summed E-state index contributed by atoms with van der Waals surface area (Å²) in [4.78, 5) is 0. The molecule has 120 valence electrons. The van der Waals surface area contributed by atoms with Crippen LogP contribution in [-0.2, 0) is 14.1 Å². The van der Waals surface area contributed by atoms with Gasteiger partial charge in [-0.1, -0.05) is 0 Å². The van der Waals surface area contributed by atoms with E-state index in [0.29, 0.717) is 0 Å². The first-order valence-electron chi connectivity index (χ1n) is 7.20. The van der Waals surface area contributed by atoms with Crippen molar-refractivity contribution in [2.45, 2.75) is 0 Å². The molecule has 1 aromatic heterocycles. The number of aromatic nitrogens is 2. The summed E-state index contributed by atoms with van der Waals surface area (Å²) in [6, 6.07) is 15.2. The zero-order chi connectivity index (χ0) is 16.8. The molecule has 6 nitrogen and oxygen atoms in total. The molecule has 3 aromatic rings. The fraction of sp³-hybridized carbons (Fsp3) is 0.118. The van der Waals surface area contributed by atoms with E-state index in [0.717, 1.165) is 28.7 Å². The molecule has 0 saturated heterocycles. The lowest BCUT2D eigenvalue weighted by Crippen LogP contribution is -2.29. The SMILES string of the molecule is Cn1cc[n+](C)c1N.Nc1ccc(Nc2ccc(N)cc2)cc1. The number of anilines is 5. The topological polar surface area (TPSA) is 98.9 Å². The van der Waals surface area contributed by atoms with Gasteiger partial charge in [-0.3, -0.25) is 5.73 Å². The molecule has 0 spiro atoms. The molecule has 23 heavy (non-hydrogen) atoms. The summed E-state index contributed by atoms with van der Waals surface area (Å²) in [5, 5.41) is 3.25. The van der Waals surface area contributed by atoms with E-state index in [1.807, 2.05) is 84.2 Å². The van der Waals surface area contributed by atoms with Gasteiger partial charge in [0.1, 0.15) is 0 Å². The summed E-state index contributed by atoms with van der Waals surface area (Å²) in [5.74, 6) is 0.769. The number of hydrogen-bond donors (Lipinski definition) is 4. The second kappa shape index (κ2) is 7.22. The lowest BCUT2D eigenvalue weighted by atomic mass is 10.2. The molecule has 0 bridgehead atoms. The summed E-state index contributed by atoms with van der Waals surface area (Å²) in [7, 11) is 3.82. The average Bonchev–Trinajstić information content (AvgIpc) is 2.84. The molecule has 6 heteroatoms. The number of hydrogen-bond acceptors (Lipinski definition) is 4. The number of aryl methyl sites for hydroxylation is 2. The molecule has 0 aliphatic heterocycles. The molecule has 1 heterocycles. The van der Waals surface area contributed by atoms with Gasteiger partial charge in [0.2, 0.25) is 0 Å². The summed E-state index contributed by atoms with van der Waals surface area (Å²) in [5.41, 5.74) is 20.3. The Bertz CT molecular complexity index is 681. The highest BCUT2D eigenvalue weighted by Crippen LogP contribution is 2.18. The molecule has 0 aliphatic rings. The van der Waals surface area contributed by atoms with Gasteiger partial charge in [0.15, 0.2) is 0 Å². The summed E-state index contributed by atoms with van der Waals surface area (Å²) < 4.78 is 3.72. The first kappa shape index (κ1) is 16.2. The molecule has 0 aliphatic carbocycles. The van der Waals surface area contributed by atoms with Gasteiger partial charge in [-0.15, -0.1) is 0 Å². The Balaban J connectivity index is 0.000000203. The van der Waals surface area contributed by atoms with E-state index >= 15 is 0 Å². The monoisotopic (exact) mass is 311 g/mol. The molecule has 0 amide bonds. The van der Waals surface area contributed by atoms with Gasteiger partial charge in [0.05, 0.1) is 26.5 Å². The molecule has 0 saturated carbocycles. The number of nitrogens with zero attached hydrogens (tertiary/aromatic N) is 2. The van der Waals surface area contributed by atoms with Crippen LogP contribution in [0.15, 0.2) is 60.9 Å². The fourth-order valence-corrected chi connectivity index (χ4v) is 1.90. The van der Waals surface area contributed by atoms with E-state index in [2.05, 4.69) is 5.32 Å². The molecular formula is C17H23N6+. The Morgan fingerprint density at radius 3 is 1.52 bits per heavy atom. The number of imidazole rings is 1. The van der Waals surface area contributed by atoms with E-state index in [9.17, 15) is 0 Å². The molecule has 0 radical (unpaired) electrons. The van der Waals surface area contributed by atoms with Crippen LogP contribution in [0.25, 0.3) is 0 Å². The second-order valence-corrected chi connectivity index (χ2v) is 5.25. The second-order valence-electron chi connectivity index (χ2n) is 5.25. The highest BCUT2D eigenvalue weighted by molar-refractivity contribution is 5.63. The Morgan fingerprint density at radius 2 is 1.26 bits per heavy atom. The Morgan fingerprint density at radius 1 is 0.826 bits per heavy atom. The number of benzene rings is 2. The van der Waals surface area contributed by atoms with Crippen LogP contribution in [0.1, 0.15) is 0 Å². The van der Waals surface area contributed by atoms with E-state index in [-0.39, 0.29) is 0 Å². The van der Waals surface area contributed by atoms with Crippen LogP contribution in [0.3, 0.4) is 0 Å². The third-order valence-electron chi connectivity index (χ3n) is 3.35. The van der Waals surface area contributed by atoms with Crippen LogP contribution in [0, 0.1) is 0 Å². The first-order valence-corrected chi connectivity index (χ1v) is 7.20. The van der Waals surface area contributed by atoms with Crippen molar-refractivity contribution in [3.8, 4) is 0 Å². The van der Waals surface area contributed by atoms with Crippen molar-refractivity contribution in [3.05, 3.63) is 60.9 Å². The predicted octanol–water partition coefficient (Wildman–Crippen LogP) is 2.03. The highest BCUT2D eigenvalue weighted by Gasteiger charge is 2.00. The van der Waals surface area contributed by atoms with Gasteiger partial charge < -0.3 is 16.8 Å². The smallest absolute Gasteiger partial charge is 0.354 e. The van der Waals surface area contributed by atoms with E-state index in [1.54, 1.807) is 0 Å². The normalized spacial score (nSPS) is 9.83. The minimum atomic E-state index is 0.762. The van der Waals surface area contributed by atoms with Gasteiger partial charge in [-0.05, 0) is 48.5 Å². The maximum absolute atomic E-state index is 5.60. The molecule has 0 atom stereocenters. The van der Waals surface area contributed by atoms with Gasteiger partial charge >= 0.3 is 5.95 Å². The minimum Gasteiger partial charge on any atom is -0.399 e. The van der Waals surface area contributed by atoms with Crippen LogP contribution in [0.4, 0.5) is 28.7 Å². The number of nitrogen functional groups attached to an aromatic ring is 3. The quantitative estimate of drug-likeness (QED) is 0.430. The lowest BCUT2D eigenvalue weighted by molar-refractivity contribution is -0.655. The van der Waals surface area contributed by atoms with Crippen molar-refractivity contribution in [2.24, 2.45) is 14.1 Å². The molecule has 3 rings (SSSR count). The van der Waals surface area contributed by atoms with Gasteiger partial charge in [-0.25, -0.2) is 9.13 Å².